The summed E-state index contributed by atoms with van der Waals surface area (Å²) in [5, 5.41) is 4.07. The maximum Gasteiger partial charge on any atom is 0.391 e. The summed E-state index contributed by atoms with van der Waals surface area (Å²) in [7, 11) is -3.60. The second kappa shape index (κ2) is 5.44. The molecule has 0 amide bonds. The van der Waals surface area contributed by atoms with Crippen molar-refractivity contribution in [1.82, 2.24) is 0 Å². The van der Waals surface area contributed by atoms with Gasteiger partial charge < -0.3 is 0 Å². The van der Waals surface area contributed by atoms with Gasteiger partial charge >= 0.3 is 10.0 Å². The largest absolute Gasteiger partial charge is 0.391 e. The van der Waals surface area contributed by atoms with Crippen LogP contribution in [0.1, 0.15) is 33.3 Å². The van der Waals surface area contributed by atoms with Gasteiger partial charge in [-0.2, -0.15) is 26.4 Å². The predicted molar refractivity (Wildman–Crippen MR) is 70.2 cm³/mol. The quantitative estimate of drug-likeness (QED) is 0.477. The summed E-state index contributed by atoms with van der Waals surface area (Å²) in [6.07, 6.45) is 0. The van der Waals surface area contributed by atoms with Crippen molar-refractivity contribution < 1.29 is 12.5 Å². The van der Waals surface area contributed by atoms with Gasteiger partial charge in [0, 0.05) is 0 Å². The number of nitrogens with zero attached hydrogens (tertiary/aromatic N) is 2. The lowest BCUT2D eigenvalue weighted by Crippen LogP contribution is -2.22. The summed E-state index contributed by atoms with van der Waals surface area (Å²) in [6.45, 7) is 8.89. The lowest BCUT2D eigenvalue weighted by atomic mass is 10.2. The topological polar surface area (TPSA) is 49.5 Å². The second-order valence-electron chi connectivity index (χ2n) is 4.56. The Morgan fingerprint density at radius 1 is 1.06 bits per heavy atom. The van der Waals surface area contributed by atoms with Crippen molar-refractivity contribution in [2.75, 3.05) is 0 Å². The van der Waals surface area contributed by atoms with Crippen LogP contribution in [0.3, 0.4) is 0 Å². The molecule has 0 saturated heterocycles. The van der Waals surface area contributed by atoms with E-state index in [0.29, 0.717) is 12.1 Å². The molecule has 0 heterocycles. The Balaban J connectivity index is 3.31. The Hall–Kier alpha value is -1.49. The van der Waals surface area contributed by atoms with E-state index in [1.165, 1.54) is 0 Å². The summed E-state index contributed by atoms with van der Waals surface area (Å²) >= 11 is 0. The highest BCUT2D eigenvalue weighted by Crippen LogP contribution is 2.19. The van der Waals surface area contributed by atoms with E-state index >= 15 is 0 Å². The third-order valence-electron chi connectivity index (χ3n) is 2.22. The molecule has 0 fully saturated rings. The van der Waals surface area contributed by atoms with Crippen LogP contribution in [0, 0.1) is 19.0 Å². The molecule has 0 spiro atoms. The normalized spacial score (nSPS) is 12.4. The number of rotatable bonds is 4. The average molecular weight is 267 g/mol. The molecule has 0 radical (unpaired) electrons. The fraction of sp³-hybridized carbons (Fsp3) is 0.385. The Kier molecular flexibility index (Phi) is 4.40. The van der Waals surface area contributed by atoms with Gasteiger partial charge in [-0.25, -0.2) is 11.2 Å². The van der Waals surface area contributed by atoms with E-state index in [4.69, 9.17) is 0 Å². The van der Waals surface area contributed by atoms with Crippen LogP contribution >= 0.6 is 0 Å². The average Bonchev–Trinajstić information content (AvgIpc) is 2.25. The third kappa shape index (κ3) is 3.26. The van der Waals surface area contributed by atoms with Crippen LogP contribution in [-0.2, 0) is 10.0 Å². The van der Waals surface area contributed by atoms with Crippen LogP contribution in [0.4, 0.5) is 0 Å². The molecule has 18 heavy (non-hydrogen) atoms. The first-order chi connectivity index (χ1) is 8.25. The summed E-state index contributed by atoms with van der Waals surface area (Å²) < 4.78 is 25.9. The summed E-state index contributed by atoms with van der Waals surface area (Å²) in [6, 6.07) is 8.04. The number of sulfonamides is 1. The summed E-state index contributed by atoms with van der Waals surface area (Å²) in [5.74, 6) is 0. The van der Waals surface area contributed by atoms with Crippen molar-refractivity contribution in [3.63, 3.8) is 0 Å². The number of azo groups is 1. The van der Waals surface area contributed by atoms with Crippen LogP contribution in [0.5, 0.6) is 0 Å². The minimum absolute atomic E-state index is 0.249. The Morgan fingerprint density at radius 2 is 1.56 bits per heavy atom. The first kappa shape index (κ1) is 14.6. The van der Waals surface area contributed by atoms with E-state index in [1.807, 2.05) is 6.92 Å². The molecule has 0 N–H and O–H groups in total. The third-order valence-corrected chi connectivity index (χ3v) is 3.99. The molecule has 1 aromatic carbocycles. The lowest BCUT2D eigenvalue weighted by Gasteiger charge is -2.20. The first-order valence-electron chi connectivity index (χ1n) is 5.69. The fourth-order valence-corrected chi connectivity index (χ4v) is 2.82. The molecule has 4 nitrogen and oxygen atoms in total. The molecule has 0 aliphatic rings. The first-order valence-corrected chi connectivity index (χ1v) is 7.13. The highest BCUT2D eigenvalue weighted by Gasteiger charge is 2.24. The summed E-state index contributed by atoms with van der Waals surface area (Å²) in [5.41, 5.74) is 1.02. The smallest absolute Gasteiger partial charge is 0.211 e. The van der Waals surface area contributed by atoms with Gasteiger partial charge in [-0.05, 0) is 19.1 Å². The molecule has 5 heteroatoms. The zero-order chi connectivity index (χ0) is 13.9. The van der Waals surface area contributed by atoms with Gasteiger partial charge in [0.05, 0.1) is 0 Å². The molecule has 100 valence electrons. The number of benzene rings is 1. The zero-order valence-electron chi connectivity index (χ0n) is 11.4. The molecule has 0 atom stereocenters. The van der Waals surface area contributed by atoms with Crippen molar-refractivity contribution in [2.45, 2.75) is 39.5 Å². The number of hydrogen-bond donors (Lipinski definition) is 0. The second-order valence-corrected chi connectivity index (χ2v) is 6.32. The van der Waals surface area contributed by atoms with Crippen LogP contribution < -0.4 is 0 Å². The standard InChI is InChI=1S/C13H19N2O2S/c1-10(2)14-15(11(3)4)18(16,17)13-8-6-12(5)7-9-13/h6-9H,1-5H3/q-1. The Bertz CT molecular complexity index is 529. The predicted octanol–water partition coefficient (Wildman–Crippen LogP) is 3.29. The van der Waals surface area contributed by atoms with Crippen molar-refractivity contribution in [2.24, 2.45) is 5.11 Å². The Morgan fingerprint density at radius 3 is 1.94 bits per heavy atom. The van der Waals surface area contributed by atoms with E-state index in [-0.39, 0.29) is 4.90 Å². The van der Waals surface area contributed by atoms with Gasteiger partial charge in [0.25, 0.3) is 0 Å². The monoisotopic (exact) mass is 267 g/mol. The van der Waals surface area contributed by atoms with Crippen LogP contribution in [0.2, 0.25) is 0 Å². The molecular formula is C13H19N2O2S-. The SMILES string of the molecule is Cc1ccc(S(=O)(=O)[N+](=N[C-](C)C)[C-](C)C)cc1. The molecular weight excluding hydrogens is 248 g/mol. The van der Waals surface area contributed by atoms with Gasteiger partial charge in [0.1, 0.15) is 4.90 Å². The van der Waals surface area contributed by atoms with Gasteiger partial charge in [0.15, 0.2) is 0 Å². The Labute approximate surface area is 109 Å². The molecule has 1 rings (SSSR count). The van der Waals surface area contributed by atoms with Gasteiger partial charge in [0.2, 0.25) is 0 Å². The van der Waals surface area contributed by atoms with Crippen molar-refractivity contribution >= 4 is 10.0 Å². The van der Waals surface area contributed by atoms with Crippen LogP contribution in [-0.4, -0.2) is 12.5 Å². The van der Waals surface area contributed by atoms with Gasteiger partial charge in [-0.1, -0.05) is 23.7 Å². The maximum atomic E-state index is 12.4. The van der Waals surface area contributed by atoms with E-state index in [0.717, 1.165) is 9.67 Å². The molecule has 0 aliphatic heterocycles. The fourth-order valence-electron chi connectivity index (χ4n) is 1.39. The zero-order valence-corrected chi connectivity index (χ0v) is 12.2. The maximum absolute atomic E-state index is 12.4. The molecule has 0 aliphatic carbocycles. The highest BCUT2D eigenvalue weighted by molar-refractivity contribution is 7.85. The summed E-state index contributed by atoms with van der Waals surface area (Å²) in [4.78, 5) is 0.249. The van der Waals surface area contributed by atoms with Crippen LogP contribution in [0.25, 0.3) is 0 Å². The molecule has 0 saturated carbocycles. The van der Waals surface area contributed by atoms with Gasteiger partial charge in [-0.3, -0.25) is 0 Å². The molecule has 0 bridgehead atoms. The van der Waals surface area contributed by atoms with Gasteiger partial charge in [-0.15, -0.1) is 13.8 Å². The minimum atomic E-state index is -3.60. The van der Waals surface area contributed by atoms with E-state index < -0.39 is 10.0 Å². The van der Waals surface area contributed by atoms with E-state index in [1.54, 1.807) is 52.0 Å². The minimum Gasteiger partial charge on any atom is -0.211 e. The molecule has 0 unspecified atom stereocenters. The number of hydrogen-bond acceptors (Lipinski definition) is 3. The number of aryl methyl sites for hydroxylation is 1. The molecule has 0 aromatic heterocycles. The van der Waals surface area contributed by atoms with E-state index in [2.05, 4.69) is 5.11 Å². The highest BCUT2D eigenvalue weighted by atomic mass is 32.2. The lowest BCUT2D eigenvalue weighted by molar-refractivity contribution is -0.424. The van der Waals surface area contributed by atoms with Crippen molar-refractivity contribution in [1.29, 1.82) is 0 Å². The van der Waals surface area contributed by atoms with Crippen molar-refractivity contribution in [3.8, 4) is 0 Å². The van der Waals surface area contributed by atoms with Crippen molar-refractivity contribution in [3.05, 3.63) is 41.9 Å². The van der Waals surface area contributed by atoms with Crippen LogP contribution in [0.15, 0.2) is 34.3 Å². The molecule has 1 aromatic rings. The van der Waals surface area contributed by atoms with E-state index in [9.17, 15) is 8.42 Å².